The molecule has 1 amide bonds. The lowest BCUT2D eigenvalue weighted by Crippen LogP contribution is -2.38. The highest BCUT2D eigenvalue weighted by Crippen LogP contribution is 2.04. The number of anilines is 1. The maximum atomic E-state index is 12.0. The molecule has 0 saturated heterocycles. The molecule has 1 aromatic heterocycles. The quantitative estimate of drug-likeness (QED) is 0.308. The molecule has 1 heterocycles. The van der Waals surface area contributed by atoms with Gasteiger partial charge in [0.15, 0.2) is 5.96 Å². The first kappa shape index (κ1) is 22.9. The molecule has 2 aromatic rings. The molecule has 0 saturated carbocycles. The summed E-state index contributed by atoms with van der Waals surface area (Å²) in [5.74, 6) is 1.20. The van der Waals surface area contributed by atoms with E-state index in [2.05, 4.69) is 38.1 Å². The third-order valence-electron chi connectivity index (χ3n) is 3.68. The normalized spacial score (nSPS) is 10.7. The van der Waals surface area contributed by atoms with Gasteiger partial charge in [-0.2, -0.15) is 0 Å². The lowest BCUT2D eigenvalue weighted by atomic mass is 10.1. The molecular weight excluding hydrogens is 453 g/mol. The number of guanidine groups is 1. The van der Waals surface area contributed by atoms with Gasteiger partial charge in [-0.1, -0.05) is 36.4 Å². The van der Waals surface area contributed by atoms with Crippen molar-refractivity contribution in [3.63, 3.8) is 0 Å². The summed E-state index contributed by atoms with van der Waals surface area (Å²) >= 11 is 0. The number of carbonyl (C=O) groups excluding carboxylic acids is 1. The van der Waals surface area contributed by atoms with E-state index in [9.17, 15) is 4.79 Å². The molecule has 0 bridgehead atoms. The Labute approximate surface area is 178 Å². The van der Waals surface area contributed by atoms with Gasteiger partial charge in [0.05, 0.1) is 6.54 Å². The summed E-state index contributed by atoms with van der Waals surface area (Å²) in [4.78, 5) is 20.6. The third kappa shape index (κ3) is 9.37. The number of carbonyl (C=O) groups is 1. The van der Waals surface area contributed by atoms with Crippen molar-refractivity contribution < 1.29 is 4.79 Å². The maximum Gasteiger partial charge on any atom is 0.227 e. The van der Waals surface area contributed by atoms with Crippen molar-refractivity contribution in [1.82, 2.24) is 15.6 Å². The Bertz CT molecular complexity index is 704. The van der Waals surface area contributed by atoms with Crippen LogP contribution in [0.2, 0.25) is 0 Å². The number of nitrogens with zero attached hydrogens (tertiary/aromatic N) is 2. The van der Waals surface area contributed by atoms with Crippen LogP contribution in [0, 0.1) is 6.92 Å². The molecule has 2 rings (SSSR count). The number of hydrogen-bond donors (Lipinski definition) is 3. The Kier molecular flexibility index (Phi) is 11.1. The average Bonchev–Trinajstić information content (AvgIpc) is 2.64. The predicted octanol–water partition coefficient (Wildman–Crippen LogP) is 3.13. The van der Waals surface area contributed by atoms with E-state index in [-0.39, 0.29) is 29.9 Å². The molecule has 3 N–H and O–H groups in total. The fourth-order valence-corrected chi connectivity index (χ4v) is 2.33. The van der Waals surface area contributed by atoms with Gasteiger partial charge in [-0.05, 0) is 37.5 Å². The average molecular weight is 481 g/mol. The highest BCUT2D eigenvalue weighted by atomic mass is 127. The highest BCUT2D eigenvalue weighted by Gasteiger charge is 2.03. The SMILES string of the molecule is CCNC(=NCCC(=O)Nc1ccc(C)cn1)NCCc1ccccc1.I. The van der Waals surface area contributed by atoms with E-state index in [1.165, 1.54) is 5.56 Å². The van der Waals surface area contributed by atoms with Crippen LogP contribution in [0.15, 0.2) is 53.7 Å². The summed E-state index contributed by atoms with van der Waals surface area (Å²) in [6.07, 6.45) is 2.96. The van der Waals surface area contributed by atoms with E-state index in [0.29, 0.717) is 18.8 Å². The largest absolute Gasteiger partial charge is 0.357 e. The molecule has 0 aliphatic carbocycles. The lowest BCUT2D eigenvalue weighted by Gasteiger charge is -2.11. The Balaban J connectivity index is 0.00000364. The first-order chi connectivity index (χ1) is 12.7. The number of rotatable bonds is 8. The number of benzene rings is 1. The highest BCUT2D eigenvalue weighted by molar-refractivity contribution is 14.0. The summed E-state index contributed by atoms with van der Waals surface area (Å²) in [6.45, 7) is 5.95. The molecule has 146 valence electrons. The number of aryl methyl sites for hydroxylation is 1. The Morgan fingerprint density at radius 2 is 1.89 bits per heavy atom. The number of aromatic nitrogens is 1. The maximum absolute atomic E-state index is 12.0. The predicted molar refractivity (Wildman–Crippen MR) is 122 cm³/mol. The first-order valence-corrected chi connectivity index (χ1v) is 8.96. The number of hydrogen-bond acceptors (Lipinski definition) is 3. The summed E-state index contributed by atoms with van der Waals surface area (Å²) < 4.78 is 0. The minimum atomic E-state index is -0.0924. The standard InChI is InChI=1S/C20H27N5O.HI/c1-3-21-20(22-13-11-17-7-5-4-6-8-17)23-14-12-19(26)25-18-10-9-16(2)15-24-18;/h4-10,15H,3,11-14H2,1-2H3,(H2,21,22,23)(H,24,25,26);1H. The number of halogens is 1. The fraction of sp³-hybridized carbons (Fsp3) is 0.350. The molecule has 0 unspecified atom stereocenters. The Morgan fingerprint density at radius 1 is 1.11 bits per heavy atom. The third-order valence-corrected chi connectivity index (χ3v) is 3.68. The van der Waals surface area contributed by atoms with Crippen LogP contribution in [-0.2, 0) is 11.2 Å². The number of pyridine rings is 1. The first-order valence-electron chi connectivity index (χ1n) is 8.96. The van der Waals surface area contributed by atoms with Gasteiger partial charge in [-0.25, -0.2) is 4.98 Å². The van der Waals surface area contributed by atoms with Gasteiger partial charge in [-0.3, -0.25) is 9.79 Å². The zero-order valence-corrected chi connectivity index (χ0v) is 18.2. The van der Waals surface area contributed by atoms with Crippen molar-refractivity contribution in [2.75, 3.05) is 25.0 Å². The van der Waals surface area contributed by atoms with Crippen LogP contribution < -0.4 is 16.0 Å². The van der Waals surface area contributed by atoms with Gasteiger partial charge < -0.3 is 16.0 Å². The van der Waals surface area contributed by atoms with Crippen LogP contribution in [-0.4, -0.2) is 36.5 Å². The van der Waals surface area contributed by atoms with Crippen molar-refractivity contribution in [1.29, 1.82) is 0 Å². The van der Waals surface area contributed by atoms with Crippen LogP contribution in [0.1, 0.15) is 24.5 Å². The van der Waals surface area contributed by atoms with E-state index in [1.54, 1.807) is 12.3 Å². The second kappa shape index (κ2) is 13.1. The number of aliphatic imine (C=N–C) groups is 1. The van der Waals surface area contributed by atoms with Gasteiger partial charge >= 0.3 is 0 Å². The summed E-state index contributed by atoms with van der Waals surface area (Å²) in [7, 11) is 0. The molecule has 0 aliphatic heterocycles. The van der Waals surface area contributed by atoms with E-state index < -0.39 is 0 Å². The van der Waals surface area contributed by atoms with Crippen molar-refractivity contribution in [3.05, 3.63) is 59.8 Å². The van der Waals surface area contributed by atoms with E-state index in [0.717, 1.165) is 31.0 Å². The Morgan fingerprint density at radius 3 is 2.56 bits per heavy atom. The van der Waals surface area contributed by atoms with Crippen molar-refractivity contribution in [2.45, 2.75) is 26.7 Å². The van der Waals surface area contributed by atoms with Crippen LogP contribution in [0.25, 0.3) is 0 Å². The second-order valence-electron chi connectivity index (χ2n) is 5.94. The molecular formula is C20H28IN5O. The van der Waals surface area contributed by atoms with Gasteiger partial charge in [0, 0.05) is 25.7 Å². The van der Waals surface area contributed by atoms with Crippen molar-refractivity contribution in [2.24, 2.45) is 4.99 Å². The lowest BCUT2D eigenvalue weighted by molar-refractivity contribution is -0.116. The number of amides is 1. The molecule has 0 spiro atoms. The van der Waals surface area contributed by atoms with Crippen LogP contribution in [0.3, 0.4) is 0 Å². The number of nitrogens with one attached hydrogen (secondary N) is 3. The summed E-state index contributed by atoms with van der Waals surface area (Å²) in [5.41, 5.74) is 2.34. The van der Waals surface area contributed by atoms with Gasteiger partial charge in [0.2, 0.25) is 5.91 Å². The van der Waals surface area contributed by atoms with E-state index in [4.69, 9.17) is 0 Å². The smallest absolute Gasteiger partial charge is 0.227 e. The summed E-state index contributed by atoms with van der Waals surface area (Å²) in [6, 6.07) is 14.0. The molecule has 6 nitrogen and oxygen atoms in total. The Hall–Kier alpha value is -2.16. The molecule has 0 fully saturated rings. The zero-order valence-electron chi connectivity index (χ0n) is 15.9. The van der Waals surface area contributed by atoms with Gasteiger partial charge in [0.1, 0.15) is 5.82 Å². The minimum absolute atomic E-state index is 0. The summed E-state index contributed by atoms with van der Waals surface area (Å²) in [5, 5.41) is 9.27. The van der Waals surface area contributed by atoms with Gasteiger partial charge in [-0.15, -0.1) is 24.0 Å². The van der Waals surface area contributed by atoms with Crippen LogP contribution >= 0.6 is 24.0 Å². The zero-order chi connectivity index (χ0) is 18.6. The molecule has 0 atom stereocenters. The fourth-order valence-electron chi connectivity index (χ4n) is 2.33. The second-order valence-corrected chi connectivity index (χ2v) is 5.94. The molecule has 0 radical (unpaired) electrons. The van der Waals surface area contributed by atoms with Gasteiger partial charge in [0.25, 0.3) is 0 Å². The van der Waals surface area contributed by atoms with E-state index in [1.807, 2.05) is 38.1 Å². The van der Waals surface area contributed by atoms with E-state index >= 15 is 0 Å². The minimum Gasteiger partial charge on any atom is -0.357 e. The molecule has 27 heavy (non-hydrogen) atoms. The molecule has 7 heteroatoms. The topological polar surface area (TPSA) is 78.4 Å². The van der Waals surface area contributed by atoms with Crippen LogP contribution in [0.5, 0.6) is 0 Å². The molecule has 0 aliphatic rings. The van der Waals surface area contributed by atoms with Crippen molar-refractivity contribution in [3.8, 4) is 0 Å². The van der Waals surface area contributed by atoms with Crippen molar-refractivity contribution >= 4 is 41.7 Å². The monoisotopic (exact) mass is 481 g/mol. The molecule has 1 aromatic carbocycles. The van der Waals surface area contributed by atoms with Crippen LogP contribution in [0.4, 0.5) is 5.82 Å².